The maximum Gasteiger partial charge on any atom is 0.214 e. The summed E-state index contributed by atoms with van der Waals surface area (Å²) in [5.41, 5.74) is 1.93. The molecule has 1 unspecified atom stereocenters. The first kappa shape index (κ1) is 19.8. The quantitative estimate of drug-likeness (QED) is 0.614. The normalized spacial score (nSPS) is 16.1. The predicted octanol–water partition coefficient (Wildman–Crippen LogP) is 4.88. The molecule has 0 amide bonds. The molecule has 0 fully saturated rings. The molecule has 19 heavy (non-hydrogen) atoms. The van der Waals surface area contributed by atoms with Crippen LogP contribution in [0.2, 0.25) is 0 Å². The molecule has 1 N–H and O–H groups in total. The second-order valence-corrected chi connectivity index (χ2v) is 13.3. The highest BCUT2D eigenvalue weighted by Crippen LogP contribution is 2.63. The van der Waals surface area contributed by atoms with E-state index in [4.69, 9.17) is 0 Å². The van der Waals surface area contributed by atoms with Crippen LogP contribution in [0.15, 0.2) is 0 Å². The van der Waals surface area contributed by atoms with E-state index in [0.717, 1.165) is 30.6 Å². The Morgan fingerprint density at radius 1 is 0.947 bits per heavy atom. The van der Waals surface area contributed by atoms with E-state index in [9.17, 15) is 4.89 Å². The third-order valence-electron chi connectivity index (χ3n) is 4.06. The summed E-state index contributed by atoms with van der Waals surface area (Å²) in [5, 5.41) is 0. The van der Waals surface area contributed by atoms with Gasteiger partial charge in [-0.15, -0.1) is 0 Å². The van der Waals surface area contributed by atoms with Crippen molar-refractivity contribution >= 4 is 15.6 Å². The second kappa shape index (κ2) is 8.93. The lowest BCUT2D eigenvalue weighted by Crippen LogP contribution is -2.31. The molecule has 0 bridgehead atoms. The average Bonchev–Trinajstić information content (AvgIpc) is 2.29. The minimum absolute atomic E-state index is 0.0386. The van der Waals surface area contributed by atoms with Crippen molar-refractivity contribution in [2.45, 2.75) is 72.4 Å². The van der Waals surface area contributed by atoms with E-state index in [-0.39, 0.29) is 7.92 Å². The van der Waals surface area contributed by atoms with Crippen LogP contribution in [-0.2, 0) is 0 Å². The Morgan fingerprint density at radius 2 is 1.37 bits per heavy atom. The van der Waals surface area contributed by atoms with E-state index < -0.39 is 7.64 Å². The van der Waals surface area contributed by atoms with Gasteiger partial charge in [0.15, 0.2) is 0 Å². The zero-order valence-corrected chi connectivity index (χ0v) is 16.1. The second-order valence-electron chi connectivity index (χ2n) is 6.17. The maximum atomic E-state index is 11.2. The van der Waals surface area contributed by atoms with Gasteiger partial charge in [0, 0.05) is 19.3 Å². The zero-order valence-electron chi connectivity index (χ0n) is 14.3. The molecule has 0 saturated heterocycles. The molecule has 0 spiro atoms. The average molecular weight is 308 g/mol. The molecular weight excluding hydrogens is 272 g/mol. The Labute approximate surface area is 123 Å². The van der Waals surface area contributed by atoms with Gasteiger partial charge in [0.1, 0.15) is 11.8 Å². The molecule has 2 nitrogen and oxygen atoms in total. The summed E-state index contributed by atoms with van der Waals surface area (Å²) < 4.78 is 2.34. The van der Waals surface area contributed by atoms with E-state index in [1.165, 1.54) is 6.16 Å². The number of rotatable bonds is 9. The van der Waals surface area contributed by atoms with Crippen LogP contribution in [0.25, 0.3) is 0 Å². The smallest absolute Gasteiger partial charge is 0.214 e. The lowest BCUT2D eigenvalue weighted by Gasteiger charge is -2.35. The van der Waals surface area contributed by atoms with Gasteiger partial charge >= 0.3 is 0 Å². The maximum absolute atomic E-state index is 11.2. The molecule has 116 valence electrons. The highest BCUT2D eigenvalue weighted by atomic mass is 31.2. The van der Waals surface area contributed by atoms with Crippen molar-refractivity contribution in [3.8, 4) is 0 Å². The van der Waals surface area contributed by atoms with Crippen LogP contribution in [0, 0.1) is 0 Å². The molecule has 1 atom stereocenters. The lowest BCUT2D eigenvalue weighted by atomic mass is 10.5. The van der Waals surface area contributed by atoms with Gasteiger partial charge in [-0.1, -0.05) is 35.6 Å². The molecule has 0 aliphatic carbocycles. The van der Waals surface area contributed by atoms with E-state index >= 15 is 0 Å². The fourth-order valence-electron chi connectivity index (χ4n) is 2.81. The van der Waals surface area contributed by atoms with Crippen molar-refractivity contribution in [2.24, 2.45) is 0 Å². The molecule has 0 radical (unpaired) electrons. The fraction of sp³-hybridized carbons (Fsp3) is 1.00. The third kappa shape index (κ3) is 5.58. The van der Waals surface area contributed by atoms with Gasteiger partial charge in [0.25, 0.3) is 0 Å². The summed E-state index contributed by atoms with van der Waals surface area (Å²) in [6, 6.07) is 0. The van der Waals surface area contributed by atoms with Crippen LogP contribution in [0.1, 0.15) is 55.4 Å². The van der Waals surface area contributed by atoms with Crippen molar-refractivity contribution in [2.75, 3.05) is 25.4 Å². The van der Waals surface area contributed by atoms with Crippen LogP contribution in [0.3, 0.4) is 0 Å². The van der Waals surface area contributed by atoms with Crippen LogP contribution in [-0.4, -0.2) is 52.0 Å². The first-order chi connectivity index (χ1) is 8.70. The minimum atomic E-state index is -1.94. The van der Waals surface area contributed by atoms with Crippen LogP contribution in [0.5, 0.6) is 0 Å². The Kier molecular flexibility index (Phi) is 9.30. The Hall–Kier alpha value is 0.780. The third-order valence-corrected chi connectivity index (χ3v) is 11.9. The Morgan fingerprint density at radius 3 is 1.63 bits per heavy atom. The molecule has 0 aliphatic heterocycles. The molecule has 0 aromatic rings. The van der Waals surface area contributed by atoms with E-state index in [0.29, 0.717) is 5.66 Å². The van der Waals surface area contributed by atoms with Crippen molar-refractivity contribution in [3.05, 3.63) is 0 Å². The highest BCUT2D eigenvalue weighted by Gasteiger charge is 2.45. The zero-order chi connectivity index (χ0) is 15.2. The first-order valence-corrected chi connectivity index (χ1v) is 11.4. The molecule has 0 heterocycles. The predicted molar refractivity (Wildman–Crippen MR) is 94.1 cm³/mol. The fourth-order valence-corrected chi connectivity index (χ4v) is 9.57. The topological polar surface area (TPSA) is 23.5 Å². The summed E-state index contributed by atoms with van der Waals surface area (Å²) in [6.07, 6.45) is 2.25. The van der Waals surface area contributed by atoms with Crippen LogP contribution in [0.4, 0.5) is 0 Å². The SMILES string of the molecule is CCN(CC)[P+](O)(CCP(C(C)C)C(C)C)C(C)C. The molecule has 0 aromatic carbocycles. The minimum Gasteiger partial charge on any atom is -0.233 e. The summed E-state index contributed by atoms with van der Waals surface area (Å²) in [7, 11) is -1.90. The Bertz CT molecular complexity index is 234. The van der Waals surface area contributed by atoms with E-state index in [2.05, 4.69) is 60.1 Å². The van der Waals surface area contributed by atoms with Gasteiger partial charge in [-0.25, -0.2) is 4.89 Å². The highest BCUT2D eigenvalue weighted by molar-refractivity contribution is 7.70. The van der Waals surface area contributed by atoms with Crippen LogP contribution >= 0.6 is 15.6 Å². The summed E-state index contributed by atoms with van der Waals surface area (Å²) in [5.74, 6) is 0. The van der Waals surface area contributed by atoms with Gasteiger partial charge < -0.3 is 0 Å². The van der Waals surface area contributed by atoms with E-state index in [1.807, 2.05) is 0 Å². The van der Waals surface area contributed by atoms with Crippen molar-refractivity contribution in [1.29, 1.82) is 0 Å². The van der Waals surface area contributed by atoms with Crippen molar-refractivity contribution < 1.29 is 4.89 Å². The van der Waals surface area contributed by atoms with Crippen molar-refractivity contribution in [1.82, 2.24) is 4.67 Å². The van der Waals surface area contributed by atoms with Gasteiger partial charge in [-0.3, -0.25) is 0 Å². The van der Waals surface area contributed by atoms with Gasteiger partial charge in [0.05, 0.1) is 0 Å². The summed E-state index contributed by atoms with van der Waals surface area (Å²) in [6.45, 7) is 20.0. The molecule has 0 aliphatic rings. The van der Waals surface area contributed by atoms with Crippen molar-refractivity contribution in [3.63, 3.8) is 0 Å². The van der Waals surface area contributed by atoms with Gasteiger partial charge in [-0.2, -0.15) is 4.67 Å². The largest absolute Gasteiger partial charge is 0.233 e. The molecular formula is C15H36NOP2+. The standard InChI is InChI=1S/C15H36NOP2/c1-9-16(10-2)19(17,15(7)8)12-11-18(13(3)4)14(5)6/h13-15,17H,9-12H2,1-8H3/q+1. The number of hydrogen-bond acceptors (Lipinski definition) is 2. The lowest BCUT2D eigenvalue weighted by molar-refractivity contribution is 0.412. The molecule has 0 aromatic heterocycles. The number of hydrogen-bond donors (Lipinski definition) is 1. The first-order valence-electron chi connectivity index (χ1n) is 7.82. The summed E-state index contributed by atoms with van der Waals surface area (Å²) in [4.78, 5) is 11.2. The monoisotopic (exact) mass is 308 g/mol. The molecule has 0 rings (SSSR count). The van der Waals surface area contributed by atoms with Crippen LogP contribution < -0.4 is 0 Å². The summed E-state index contributed by atoms with van der Waals surface area (Å²) >= 11 is 0. The van der Waals surface area contributed by atoms with Gasteiger partial charge in [-0.05, 0) is 39.0 Å². The molecule has 0 saturated carbocycles. The Balaban J connectivity index is 4.85. The van der Waals surface area contributed by atoms with E-state index in [1.54, 1.807) is 0 Å². The number of nitrogens with zero attached hydrogens (tertiary/aromatic N) is 1. The van der Waals surface area contributed by atoms with Gasteiger partial charge in [0.2, 0.25) is 7.64 Å². The molecule has 4 heteroatoms.